The van der Waals surface area contributed by atoms with Crippen LogP contribution in [0.1, 0.15) is 46.5 Å². The molecule has 4 nitrogen and oxygen atoms in total. The Morgan fingerprint density at radius 3 is 2.25 bits per heavy atom. The molecule has 1 fully saturated rings. The topological polar surface area (TPSA) is 44.8 Å². The summed E-state index contributed by atoms with van der Waals surface area (Å²) < 4.78 is 17.1. The molecule has 20 heavy (non-hydrogen) atoms. The highest BCUT2D eigenvalue weighted by molar-refractivity contribution is 8.01. The lowest BCUT2D eigenvalue weighted by atomic mass is 10.1. The summed E-state index contributed by atoms with van der Waals surface area (Å²) in [6, 6.07) is 0. The fourth-order valence-electron chi connectivity index (χ4n) is 2.58. The molecular formula is C14H28O4SSi. The van der Waals surface area contributed by atoms with Crippen molar-refractivity contribution in [3.8, 4) is 0 Å². The van der Waals surface area contributed by atoms with Gasteiger partial charge in [0.2, 0.25) is 0 Å². The quantitative estimate of drug-likeness (QED) is 0.482. The highest BCUT2D eigenvalue weighted by Gasteiger charge is 2.34. The van der Waals surface area contributed by atoms with Crippen LogP contribution in [0.4, 0.5) is 0 Å². The summed E-state index contributed by atoms with van der Waals surface area (Å²) >= 11 is 1.57. The average Bonchev–Trinajstić information content (AvgIpc) is 2.76. The van der Waals surface area contributed by atoms with Gasteiger partial charge in [-0.1, -0.05) is 0 Å². The Bertz CT molecular complexity index is 300. The molecule has 118 valence electrons. The molecule has 1 rings (SSSR count). The van der Waals surface area contributed by atoms with Gasteiger partial charge in [0.25, 0.3) is 0 Å². The summed E-state index contributed by atoms with van der Waals surface area (Å²) in [5.74, 6) is 0.280. The number of carbonyl (C=O) groups is 1. The molecule has 0 heterocycles. The van der Waals surface area contributed by atoms with Crippen LogP contribution in [0.15, 0.2) is 0 Å². The van der Waals surface area contributed by atoms with Crippen molar-refractivity contribution in [1.82, 2.24) is 0 Å². The molecule has 0 spiro atoms. The van der Waals surface area contributed by atoms with Gasteiger partial charge in [-0.15, -0.1) is 11.8 Å². The smallest absolute Gasteiger partial charge is 0.345 e. The van der Waals surface area contributed by atoms with Crippen LogP contribution in [0.5, 0.6) is 0 Å². The minimum Gasteiger partial charge on any atom is -0.459 e. The zero-order chi connectivity index (χ0) is 15.1. The summed E-state index contributed by atoms with van der Waals surface area (Å²) in [5.41, 5.74) is -0.224. The van der Waals surface area contributed by atoms with Gasteiger partial charge in [-0.05, 0) is 53.0 Å². The van der Waals surface area contributed by atoms with E-state index in [0.29, 0.717) is 19.0 Å². The van der Waals surface area contributed by atoms with Crippen molar-refractivity contribution in [2.24, 2.45) is 0 Å². The first-order valence-electron chi connectivity index (χ1n) is 7.50. The number of hydrogen-bond acceptors (Lipinski definition) is 5. The summed E-state index contributed by atoms with van der Waals surface area (Å²) in [6.45, 7) is 9.37. The van der Waals surface area contributed by atoms with Crippen molar-refractivity contribution in [2.45, 2.75) is 58.6 Å². The molecule has 0 amide bonds. The second-order valence-corrected chi connectivity index (χ2v) is 10.3. The van der Waals surface area contributed by atoms with E-state index in [0.717, 1.165) is 31.1 Å². The van der Waals surface area contributed by atoms with E-state index in [1.807, 2.05) is 20.8 Å². The van der Waals surface area contributed by atoms with Gasteiger partial charge in [0.05, 0.1) is 5.75 Å². The van der Waals surface area contributed by atoms with Gasteiger partial charge >= 0.3 is 14.5 Å². The summed E-state index contributed by atoms with van der Waals surface area (Å²) in [5, 5.41) is 0.764. The Morgan fingerprint density at radius 2 is 1.75 bits per heavy atom. The van der Waals surface area contributed by atoms with Gasteiger partial charge < -0.3 is 13.6 Å². The summed E-state index contributed by atoms with van der Waals surface area (Å²) in [6.07, 6.45) is 4.31. The third-order valence-corrected chi connectivity index (χ3v) is 8.66. The molecule has 0 aliphatic heterocycles. The predicted molar refractivity (Wildman–Crippen MR) is 85.2 cm³/mol. The standard InChI is InChI=1S/C14H28O4SSi/c1-5-16-20(4,17-6-2)12-19-11-13(15)18-14(3)9-7-8-10-14/h5-12H2,1-4H3. The highest BCUT2D eigenvalue weighted by atomic mass is 32.2. The van der Waals surface area contributed by atoms with Crippen LogP contribution < -0.4 is 0 Å². The van der Waals surface area contributed by atoms with Crippen LogP contribution in [0, 0.1) is 0 Å². The maximum absolute atomic E-state index is 11.9. The molecule has 0 bridgehead atoms. The maximum Gasteiger partial charge on any atom is 0.345 e. The molecule has 0 saturated heterocycles. The van der Waals surface area contributed by atoms with Gasteiger partial charge in [-0.2, -0.15) is 0 Å². The lowest BCUT2D eigenvalue weighted by molar-refractivity contribution is -0.153. The van der Waals surface area contributed by atoms with Crippen LogP contribution in [0.3, 0.4) is 0 Å². The largest absolute Gasteiger partial charge is 0.459 e. The van der Waals surface area contributed by atoms with Crippen LogP contribution in [0.25, 0.3) is 0 Å². The zero-order valence-corrected chi connectivity index (χ0v) is 15.0. The normalized spacial score (nSPS) is 18.2. The summed E-state index contributed by atoms with van der Waals surface area (Å²) in [4.78, 5) is 11.9. The van der Waals surface area contributed by atoms with Gasteiger partial charge in [0, 0.05) is 18.6 Å². The minimum absolute atomic E-state index is 0.108. The Kier molecular flexibility index (Phi) is 7.57. The van der Waals surface area contributed by atoms with Crippen LogP contribution in [-0.4, -0.2) is 44.5 Å². The number of thioether (sulfide) groups is 1. The van der Waals surface area contributed by atoms with E-state index in [-0.39, 0.29) is 11.6 Å². The first kappa shape index (κ1) is 18.0. The Labute approximate surface area is 128 Å². The van der Waals surface area contributed by atoms with Crippen LogP contribution in [0.2, 0.25) is 6.55 Å². The lowest BCUT2D eigenvalue weighted by Gasteiger charge is -2.26. The third kappa shape index (κ3) is 6.16. The number of hydrogen-bond donors (Lipinski definition) is 0. The van der Waals surface area contributed by atoms with Crippen molar-refractivity contribution in [3.63, 3.8) is 0 Å². The fraction of sp³-hybridized carbons (Fsp3) is 0.929. The first-order chi connectivity index (χ1) is 9.43. The van der Waals surface area contributed by atoms with E-state index in [4.69, 9.17) is 13.6 Å². The van der Waals surface area contributed by atoms with Crippen molar-refractivity contribution in [3.05, 3.63) is 0 Å². The van der Waals surface area contributed by atoms with E-state index in [1.165, 1.54) is 0 Å². The molecule has 0 atom stereocenters. The van der Waals surface area contributed by atoms with Crippen LogP contribution >= 0.6 is 11.8 Å². The monoisotopic (exact) mass is 320 g/mol. The predicted octanol–water partition coefficient (Wildman–Crippen LogP) is 3.28. The first-order valence-corrected chi connectivity index (χ1v) is 11.2. The SMILES string of the molecule is CCO[Si](C)(CSCC(=O)OC1(C)CCCC1)OCC. The van der Waals surface area contributed by atoms with E-state index < -0.39 is 8.56 Å². The lowest BCUT2D eigenvalue weighted by Crippen LogP contribution is -2.42. The highest BCUT2D eigenvalue weighted by Crippen LogP contribution is 2.32. The van der Waals surface area contributed by atoms with Crippen LogP contribution in [-0.2, 0) is 18.4 Å². The molecule has 0 unspecified atom stereocenters. The average molecular weight is 321 g/mol. The Morgan fingerprint density at radius 1 is 1.20 bits per heavy atom. The molecule has 1 aliphatic carbocycles. The number of carbonyl (C=O) groups excluding carboxylic acids is 1. The molecule has 6 heteroatoms. The molecular weight excluding hydrogens is 292 g/mol. The molecule has 0 aromatic rings. The van der Waals surface area contributed by atoms with Gasteiger partial charge in [-0.3, -0.25) is 4.79 Å². The van der Waals surface area contributed by atoms with Crippen molar-refractivity contribution >= 4 is 26.3 Å². The van der Waals surface area contributed by atoms with Gasteiger partial charge in [0.1, 0.15) is 5.60 Å². The zero-order valence-electron chi connectivity index (χ0n) is 13.2. The molecule has 1 saturated carbocycles. The van der Waals surface area contributed by atoms with Crippen molar-refractivity contribution in [1.29, 1.82) is 0 Å². The molecule has 0 aromatic carbocycles. The van der Waals surface area contributed by atoms with E-state index in [2.05, 4.69) is 6.55 Å². The number of esters is 1. The van der Waals surface area contributed by atoms with Gasteiger partial charge in [0.15, 0.2) is 0 Å². The van der Waals surface area contributed by atoms with E-state index in [9.17, 15) is 4.79 Å². The number of rotatable bonds is 9. The number of ether oxygens (including phenoxy) is 1. The fourth-order valence-corrected chi connectivity index (χ4v) is 6.67. The Hall–Kier alpha value is -0.0431. The molecule has 0 aromatic heterocycles. The second kappa shape index (κ2) is 8.41. The second-order valence-electron chi connectivity index (χ2n) is 5.62. The molecule has 0 radical (unpaired) electrons. The third-order valence-electron chi connectivity index (χ3n) is 3.50. The maximum atomic E-state index is 11.9. The minimum atomic E-state index is -2.12. The Balaban J connectivity index is 2.29. The molecule has 0 N–H and O–H groups in total. The van der Waals surface area contributed by atoms with E-state index in [1.54, 1.807) is 11.8 Å². The van der Waals surface area contributed by atoms with E-state index >= 15 is 0 Å². The van der Waals surface area contributed by atoms with Crippen molar-refractivity contribution in [2.75, 3.05) is 24.3 Å². The summed E-state index contributed by atoms with van der Waals surface area (Å²) in [7, 11) is -2.12. The molecule has 1 aliphatic rings. The van der Waals surface area contributed by atoms with Crippen molar-refractivity contribution < 1.29 is 18.4 Å². The van der Waals surface area contributed by atoms with Gasteiger partial charge in [-0.25, -0.2) is 0 Å².